The highest BCUT2D eigenvalue weighted by molar-refractivity contribution is 8.00. The molecule has 1 saturated heterocycles. The third-order valence-electron chi connectivity index (χ3n) is 4.27. The van der Waals surface area contributed by atoms with Crippen molar-refractivity contribution in [3.05, 3.63) is 29.8 Å². The van der Waals surface area contributed by atoms with Crippen LogP contribution < -0.4 is 5.32 Å². The molecule has 0 saturated carbocycles. The van der Waals surface area contributed by atoms with E-state index in [0.717, 1.165) is 32.4 Å². The van der Waals surface area contributed by atoms with Crippen molar-refractivity contribution < 1.29 is 19.1 Å². The second-order valence-electron chi connectivity index (χ2n) is 6.33. The zero-order valence-electron chi connectivity index (χ0n) is 15.3. The quantitative estimate of drug-likeness (QED) is 0.556. The Kier molecular flexibility index (Phi) is 7.97. The molecule has 26 heavy (non-hydrogen) atoms. The third kappa shape index (κ3) is 6.05. The monoisotopic (exact) mass is 378 g/mol. The summed E-state index contributed by atoms with van der Waals surface area (Å²) in [6, 6.07) is 7.03. The number of likely N-dealkylation sites (tertiary alicyclic amines) is 1. The minimum absolute atomic E-state index is 0.0423. The molecule has 1 fully saturated rings. The van der Waals surface area contributed by atoms with Gasteiger partial charge in [-0.2, -0.15) is 0 Å². The van der Waals surface area contributed by atoms with Crippen LogP contribution in [0, 0.1) is 0 Å². The summed E-state index contributed by atoms with van der Waals surface area (Å²) in [5.41, 5.74) is 0.378. The zero-order valence-corrected chi connectivity index (χ0v) is 16.1. The number of ether oxygens (including phenoxy) is 1. The minimum Gasteiger partial charge on any atom is -0.452 e. The first-order chi connectivity index (χ1) is 12.5. The van der Waals surface area contributed by atoms with E-state index >= 15 is 0 Å². The number of benzene rings is 1. The fraction of sp³-hybridized carbons (Fsp3) is 0.526. The molecule has 1 heterocycles. The number of carbonyl (C=O) groups is 3. The number of nitrogens with one attached hydrogen (secondary N) is 1. The molecule has 1 N–H and O–H groups in total. The highest BCUT2D eigenvalue weighted by Gasteiger charge is 2.20. The van der Waals surface area contributed by atoms with Crippen LogP contribution in [0.15, 0.2) is 29.2 Å². The van der Waals surface area contributed by atoms with Gasteiger partial charge in [0.25, 0.3) is 5.91 Å². The lowest BCUT2D eigenvalue weighted by Gasteiger charge is -2.15. The second kappa shape index (κ2) is 10.2. The molecule has 0 unspecified atom stereocenters. The van der Waals surface area contributed by atoms with Gasteiger partial charge in [-0.25, -0.2) is 4.79 Å². The zero-order chi connectivity index (χ0) is 18.9. The van der Waals surface area contributed by atoms with Crippen molar-refractivity contribution in [2.24, 2.45) is 0 Å². The van der Waals surface area contributed by atoms with Gasteiger partial charge >= 0.3 is 5.97 Å². The standard InChI is InChI=1S/C19H26N2O4S/c1-3-14(2)20-17(22)12-25-19(24)15-8-4-5-9-16(15)26-13-18(23)21-10-6-7-11-21/h4-5,8-9,14H,3,6-7,10-13H2,1-2H3,(H,20,22)/t14-/m1/s1. The predicted octanol–water partition coefficient (Wildman–Crippen LogP) is 2.47. The van der Waals surface area contributed by atoms with Crippen LogP contribution in [0.25, 0.3) is 0 Å². The van der Waals surface area contributed by atoms with Crippen LogP contribution in [-0.2, 0) is 14.3 Å². The number of nitrogens with zero attached hydrogens (tertiary/aromatic N) is 1. The summed E-state index contributed by atoms with van der Waals surface area (Å²) in [4.78, 5) is 38.8. The van der Waals surface area contributed by atoms with E-state index in [4.69, 9.17) is 4.74 Å². The van der Waals surface area contributed by atoms with Crippen LogP contribution in [0.2, 0.25) is 0 Å². The van der Waals surface area contributed by atoms with E-state index in [1.54, 1.807) is 18.2 Å². The average Bonchev–Trinajstić information content (AvgIpc) is 3.19. The molecule has 0 aliphatic carbocycles. The van der Waals surface area contributed by atoms with Crippen molar-refractivity contribution in [1.29, 1.82) is 0 Å². The Bertz CT molecular complexity index is 644. The number of esters is 1. The summed E-state index contributed by atoms with van der Waals surface area (Å²) in [5, 5.41) is 2.75. The van der Waals surface area contributed by atoms with Gasteiger partial charge in [0.2, 0.25) is 5.91 Å². The molecule has 2 amide bonds. The van der Waals surface area contributed by atoms with E-state index in [1.807, 2.05) is 24.8 Å². The number of thioether (sulfide) groups is 1. The van der Waals surface area contributed by atoms with Gasteiger partial charge in [0, 0.05) is 24.0 Å². The average molecular weight is 378 g/mol. The molecule has 1 aliphatic heterocycles. The Morgan fingerprint density at radius 2 is 1.92 bits per heavy atom. The van der Waals surface area contributed by atoms with Gasteiger partial charge in [-0.3, -0.25) is 9.59 Å². The lowest BCUT2D eigenvalue weighted by molar-refractivity contribution is -0.127. The Hall–Kier alpha value is -2.02. The summed E-state index contributed by atoms with van der Waals surface area (Å²) < 4.78 is 5.12. The van der Waals surface area contributed by atoms with Crippen LogP contribution in [0.4, 0.5) is 0 Å². The maximum atomic E-state index is 12.3. The van der Waals surface area contributed by atoms with E-state index in [1.165, 1.54) is 11.8 Å². The van der Waals surface area contributed by atoms with Crippen molar-refractivity contribution in [2.75, 3.05) is 25.4 Å². The molecule has 1 aliphatic rings. The molecule has 6 nitrogen and oxygen atoms in total. The Balaban J connectivity index is 1.89. The minimum atomic E-state index is -0.555. The first-order valence-electron chi connectivity index (χ1n) is 8.97. The lowest BCUT2D eigenvalue weighted by Crippen LogP contribution is -2.35. The van der Waals surface area contributed by atoms with E-state index in [2.05, 4.69) is 5.32 Å². The number of rotatable bonds is 8. The summed E-state index contributed by atoms with van der Waals surface area (Å²) in [5.74, 6) is -0.495. The molecule has 7 heteroatoms. The third-order valence-corrected chi connectivity index (χ3v) is 5.33. The summed E-state index contributed by atoms with van der Waals surface area (Å²) in [6.45, 7) is 5.18. The Labute approximate surface area is 158 Å². The molecule has 1 aromatic carbocycles. The summed E-state index contributed by atoms with van der Waals surface area (Å²) >= 11 is 1.33. The Morgan fingerprint density at radius 1 is 1.23 bits per heavy atom. The summed E-state index contributed by atoms with van der Waals surface area (Å²) in [7, 11) is 0. The SMILES string of the molecule is CC[C@@H](C)NC(=O)COC(=O)c1ccccc1SCC(=O)N1CCCC1. The van der Waals surface area contributed by atoms with Crippen molar-refractivity contribution in [2.45, 2.75) is 44.0 Å². The lowest BCUT2D eigenvalue weighted by atomic mass is 10.2. The highest BCUT2D eigenvalue weighted by Crippen LogP contribution is 2.24. The predicted molar refractivity (Wildman–Crippen MR) is 101 cm³/mol. The first kappa shape index (κ1) is 20.3. The second-order valence-corrected chi connectivity index (χ2v) is 7.34. The molecule has 0 bridgehead atoms. The molecule has 2 rings (SSSR count). The number of amides is 2. The largest absolute Gasteiger partial charge is 0.452 e. The molecule has 0 aromatic heterocycles. The molecule has 1 atom stereocenters. The van der Waals surface area contributed by atoms with Gasteiger partial charge in [0.05, 0.1) is 11.3 Å². The van der Waals surface area contributed by atoms with Gasteiger partial charge in [0.15, 0.2) is 6.61 Å². The van der Waals surface area contributed by atoms with Gasteiger partial charge < -0.3 is 15.0 Å². The molecule has 0 radical (unpaired) electrons. The normalized spacial score (nSPS) is 14.8. The summed E-state index contributed by atoms with van der Waals surface area (Å²) in [6.07, 6.45) is 2.92. The van der Waals surface area contributed by atoms with Crippen molar-refractivity contribution >= 4 is 29.5 Å². The maximum absolute atomic E-state index is 12.3. The molecule has 1 aromatic rings. The van der Waals surface area contributed by atoms with Crippen molar-refractivity contribution in [3.8, 4) is 0 Å². The van der Waals surface area contributed by atoms with Crippen LogP contribution in [0.3, 0.4) is 0 Å². The van der Waals surface area contributed by atoms with Crippen LogP contribution >= 0.6 is 11.8 Å². The molecular weight excluding hydrogens is 352 g/mol. The molecule has 142 valence electrons. The van der Waals surface area contributed by atoms with E-state index in [-0.39, 0.29) is 24.5 Å². The van der Waals surface area contributed by atoms with Gasteiger partial charge in [0.1, 0.15) is 0 Å². The van der Waals surface area contributed by atoms with Crippen molar-refractivity contribution in [3.63, 3.8) is 0 Å². The van der Waals surface area contributed by atoms with Gasteiger partial charge in [-0.15, -0.1) is 11.8 Å². The van der Waals surface area contributed by atoms with E-state index in [9.17, 15) is 14.4 Å². The number of hydrogen-bond donors (Lipinski definition) is 1. The van der Waals surface area contributed by atoms with Crippen molar-refractivity contribution in [1.82, 2.24) is 10.2 Å². The van der Waals surface area contributed by atoms with Crippen LogP contribution in [0.1, 0.15) is 43.5 Å². The fourth-order valence-electron chi connectivity index (χ4n) is 2.59. The highest BCUT2D eigenvalue weighted by atomic mass is 32.2. The first-order valence-corrected chi connectivity index (χ1v) is 9.96. The molecule has 0 spiro atoms. The van der Waals surface area contributed by atoms with Crippen LogP contribution in [0.5, 0.6) is 0 Å². The van der Waals surface area contributed by atoms with Crippen LogP contribution in [-0.4, -0.2) is 54.2 Å². The maximum Gasteiger partial charge on any atom is 0.339 e. The van der Waals surface area contributed by atoms with E-state index in [0.29, 0.717) is 16.2 Å². The fourth-order valence-corrected chi connectivity index (χ4v) is 3.53. The number of carbonyl (C=O) groups excluding carboxylic acids is 3. The number of hydrogen-bond acceptors (Lipinski definition) is 5. The smallest absolute Gasteiger partial charge is 0.339 e. The Morgan fingerprint density at radius 3 is 2.62 bits per heavy atom. The van der Waals surface area contributed by atoms with Gasteiger partial charge in [-0.05, 0) is 38.3 Å². The topological polar surface area (TPSA) is 75.7 Å². The molecular formula is C19H26N2O4S. The van der Waals surface area contributed by atoms with E-state index < -0.39 is 5.97 Å². The van der Waals surface area contributed by atoms with Gasteiger partial charge in [-0.1, -0.05) is 19.1 Å².